The first kappa shape index (κ1) is 15.2. The zero-order chi connectivity index (χ0) is 15.1. The number of nitro benzene ring substituents is 1. The Hall–Kier alpha value is -2.88. The molecule has 0 aliphatic carbocycles. The molecule has 0 aliphatic heterocycles. The fourth-order valence-electron chi connectivity index (χ4n) is 1.44. The summed E-state index contributed by atoms with van der Waals surface area (Å²) >= 11 is 0. The van der Waals surface area contributed by atoms with Gasteiger partial charge < -0.3 is 10.6 Å². The number of amides is 1. The minimum Gasteiger partial charge on any atom is -0.371 e. The number of Topliss-reactive ketones (excluding diaryl/α,β-unsaturated/α-hetero) is 1. The minimum absolute atomic E-state index is 0.0892. The molecule has 0 aromatic heterocycles. The van der Waals surface area contributed by atoms with Gasteiger partial charge in [0.05, 0.1) is 18.0 Å². The summed E-state index contributed by atoms with van der Waals surface area (Å²) in [5.74, 6) is 1.59. The molecule has 0 aliphatic rings. The maximum Gasteiger partial charge on any atom is 0.293 e. The van der Waals surface area contributed by atoms with E-state index in [-0.39, 0.29) is 41.7 Å². The predicted octanol–water partition coefficient (Wildman–Crippen LogP) is 0.959. The van der Waals surface area contributed by atoms with Gasteiger partial charge in [0.2, 0.25) is 5.91 Å². The van der Waals surface area contributed by atoms with Crippen molar-refractivity contribution in [1.29, 1.82) is 0 Å². The Labute approximate surface area is 115 Å². The van der Waals surface area contributed by atoms with Gasteiger partial charge in [0.1, 0.15) is 5.69 Å². The highest BCUT2D eigenvalue weighted by Gasteiger charge is 2.16. The van der Waals surface area contributed by atoms with E-state index >= 15 is 0 Å². The minimum atomic E-state index is -0.617. The van der Waals surface area contributed by atoms with Crippen LogP contribution in [-0.2, 0) is 4.79 Å². The van der Waals surface area contributed by atoms with Gasteiger partial charge in [0, 0.05) is 11.6 Å². The normalized spacial score (nSPS) is 9.40. The van der Waals surface area contributed by atoms with Crippen molar-refractivity contribution in [3.05, 3.63) is 33.9 Å². The average molecular weight is 275 g/mol. The predicted molar refractivity (Wildman–Crippen MR) is 73.4 cm³/mol. The largest absolute Gasteiger partial charge is 0.371 e. The second-order valence-corrected chi connectivity index (χ2v) is 3.88. The summed E-state index contributed by atoms with van der Waals surface area (Å²) in [6.07, 6.45) is 4.99. The highest BCUT2D eigenvalue weighted by molar-refractivity contribution is 5.95. The molecule has 0 bridgehead atoms. The molecule has 0 saturated carbocycles. The molecular formula is C13H13N3O4. The van der Waals surface area contributed by atoms with Crippen LogP contribution in [0.3, 0.4) is 0 Å². The van der Waals surface area contributed by atoms with Gasteiger partial charge in [-0.05, 0) is 19.1 Å². The Morgan fingerprint density at radius 1 is 1.45 bits per heavy atom. The SMILES string of the molecule is C#CCNC(=O)CNc1ccc(C(C)=O)cc1[N+](=O)[O-]. The molecule has 1 amide bonds. The van der Waals surface area contributed by atoms with Crippen molar-refractivity contribution in [3.63, 3.8) is 0 Å². The molecule has 20 heavy (non-hydrogen) atoms. The van der Waals surface area contributed by atoms with Crippen LogP contribution in [0.25, 0.3) is 0 Å². The summed E-state index contributed by atoms with van der Waals surface area (Å²) in [5.41, 5.74) is 0.136. The molecule has 7 nitrogen and oxygen atoms in total. The molecule has 2 N–H and O–H groups in total. The van der Waals surface area contributed by atoms with E-state index in [0.29, 0.717) is 0 Å². The van der Waals surface area contributed by atoms with Crippen LogP contribution >= 0.6 is 0 Å². The van der Waals surface area contributed by atoms with Gasteiger partial charge in [-0.25, -0.2) is 0 Å². The molecule has 0 spiro atoms. The van der Waals surface area contributed by atoms with Gasteiger partial charge in [-0.2, -0.15) is 0 Å². The smallest absolute Gasteiger partial charge is 0.293 e. The van der Waals surface area contributed by atoms with Crippen LogP contribution < -0.4 is 10.6 Å². The summed E-state index contributed by atoms with van der Waals surface area (Å²) in [6, 6.07) is 4.02. The summed E-state index contributed by atoms with van der Waals surface area (Å²) in [7, 11) is 0. The third kappa shape index (κ3) is 4.10. The molecule has 0 unspecified atom stereocenters. The van der Waals surface area contributed by atoms with E-state index in [1.54, 1.807) is 0 Å². The van der Waals surface area contributed by atoms with Gasteiger partial charge >= 0.3 is 0 Å². The van der Waals surface area contributed by atoms with Crippen molar-refractivity contribution < 1.29 is 14.5 Å². The van der Waals surface area contributed by atoms with E-state index in [9.17, 15) is 19.7 Å². The van der Waals surface area contributed by atoms with Crippen LogP contribution in [0, 0.1) is 22.5 Å². The lowest BCUT2D eigenvalue weighted by Crippen LogP contribution is -2.30. The molecule has 1 aromatic carbocycles. The Kier molecular flexibility index (Phi) is 5.23. The first-order chi connectivity index (χ1) is 9.45. The van der Waals surface area contributed by atoms with E-state index in [1.807, 2.05) is 0 Å². The lowest BCUT2D eigenvalue weighted by Gasteiger charge is -2.07. The molecule has 0 heterocycles. The molecule has 0 atom stereocenters. The van der Waals surface area contributed by atoms with Gasteiger partial charge in [0.15, 0.2) is 5.78 Å². The van der Waals surface area contributed by atoms with E-state index in [0.717, 1.165) is 0 Å². The number of rotatable bonds is 6. The number of hydrogen-bond acceptors (Lipinski definition) is 5. The van der Waals surface area contributed by atoms with Crippen LogP contribution in [-0.4, -0.2) is 29.7 Å². The number of hydrogen-bond donors (Lipinski definition) is 2. The summed E-state index contributed by atoms with van der Waals surface area (Å²) < 4.78 is 0. The number of nitro groups is 1. The summed E-state index contributed by atoms with van der Waals surface area (Å²) in [4.78, 5) is 32.9. The van der Waals surface area contributed by atoms with Gasteiger partial charge in [-0.15, -0.1) is 6.42 Å². The fraction of sp³-hybridized carbons (Fsp3) is 0.231. The number of nitrogens with one attached hydrogen (secondary N) is 2. The maximum absolute atomic E-state index is 11.3. The Morgan fingerprint density at radius 3 is 2.70 bits per heavy atom. The number of terminal acetylenes is 1. The molecule has 7 heteroatoms. The third-order valence-electron chi connectivity index (χ3n) is 2.43. The summed E-state index contributed by atoms with van der Waals surface area (Å²) in [5, 5.41) is 16.0. The standard InChI is InChI=1S/C13H13N3O4/c1-3-6-14-13(18)8-15-11-5-4-10(9(2)17)7-12(11)16(19)20/h1,4-5,7,15H,6,8H2,2H3,(H,14,18). The topological polar surface area (TPSA) is 101 Å². The van der Waals surface area contributed by atoms with E-state index in [2.05, 4.69) is 16.6 Å². The quantitative estimate of drug-likeness (QED) is 0.348. The third-order valence-corrected chi connectivity index (χ3v) is 2.43. The van der Waals surface area contributed by atoms with Crippen LogP contribution in [0.4, 0.5) is 11.4 Å². The van der Waals surface area contributed by atoms with Crippen molar-refractivity contribution in [3.8, 4) is 12.3 Å². The van der Waals surface area contributed by atoms with Crippen molar-refractivity contribution in [2.75, 3.05) is 18.4 Å². The van der Waals surface area contributed by atoms with Crippen molar-refractivity contribution in [1.82, 2.24) is 5.32 Å². The molecule has 104 valence electrons. The fourth-order valence-corrected chi connectivity index (χ4v) is 1.44. The number of benzene rings is 1. The number of ketones is 1. The highest BCUT2D eigenvalue weighted by atomic mass is 16.6. The Bertz CT molecular complexity index is 590. The number of anilines is 1. The first-order valence-electron chi connectivity index (χ1n) is 5.69. The van der Waals surface area contributed by atoms with Crippen LogP contribution in [0.1, 0.15) is 17.3 Å². The summed E-state index contributed by atoms with van der Waals surface area (Å²) in [6.45, 7) is 1.26. The number of carbonyl (C=O) groups is 2. The van der Waals surface area contributed by atoms with E-state index in [1.165, 1.54) is 25.1 Å². The van der Waals surface area contributed by atoms with E-state index in [4.69, 9.17) is 6.42 Å². The van der Waals surface area contributed by atoms with Crippen molar-refractivity contribution in [2.45, 2.75) is 6.92 Å². The number of carbonyl (C=O) groups excluding carboxylic acids is 2. The second kappa shape index (κ2) is 6.89. The van der Waals surface area contributed by atoms with Crippen LogP contribution in [0.15, 0.2) is 18.2 Å². The maximum atomic E-state index is 11.3. The van der Waals surface area contributed by atoms with Crippen LogP contribution in [0.2, 0.25) is 0 Å². The highest BCUT2D eigenvalue weighted by Crippen LogP contribution is 2.25. The Morgan fingerprint density at radius 2 is 2.15 bits per heavy atom. The molecular weight excluding hydrogens is 262 g/mol. The molecule has 1 aromatic rings. The zero-order valence-corrected chi connectivity index (χ0v) is 10.8. The molecule has 0 radical (unpaired) electrons. The van der Waals surface area contributed by atoms with Gasteiger partial charge in [0.25, 0.3) is 5.69 Å². The Balaban J connectivity index is 2.85. The van der Waals surface area contributed by atoms with Crippen LogP contribution in [0.5, 0.6) is 0 Å². The molecule has 1 rings (SSSR count). The average Bonchev–Trinajstić information content (AvgIpc) is 2.42. The van der Waals surface area contributed by atoms with Gasteiger partial charge in [-0.1, -0.05) is 5.92 Å². The van der Waals surface area contributed by atoms with Crippen molar-refractivity contribution in [2.24, 2.45) is 0 Å². The van der Waals surface area contributed by atoms with E-state index < -0.39 is 4.92 Å². The zero-order valence-electron chi connectivity index (χ0n) is 10.8. The van der Waals surface area contributed by atoms with Crippen molar-refractivity contribution >= 4 is 23.1 Å². The lowest BCUT2D eigenvalue weighted by atomic mass is 10.1. The first-order valence-corrected chi connectivity index (χ1v) is 5.69. The second-order valence-electron chi connectivity index (χ2n) is 3.88. The monoisotopic (exact) mass is 275 g/mol. The lowest BCUT2D eigenvalue weighted by molar-refractivity contribution is -0.384. The molecule has 0 fully saturated rings. The number of nitrogens with zero attached hydrogens (tertiary/aromatic N) is 1. The molecule has 0 saturated heterocycles. The van der Waals surface area contributed by atoms with Gasteiger partial charge in [-0.3, -0.25) is 19.7 Å².